The number of aromatic nitrogens is 2. The van der Waals surface area contributed by atoms with Crippen molar-refractivity contribution < 1.29 is 45.5 Å². The van der Waals surface area contributed by atoms with Crippen molar-refractivity contribution in [3.8, 4) is 22.9 Å². The first-order chi connectivity index (χ1) is 16.3. The lowest BCUT2D eigenvalue weighted by Gasteiger charge is -2.31. The molecule has 184 valence electrons. The van der Waals surface area contributed by atoms with Crippen LogP contribution < -0.4 is 9.74 Å². The molecule has 3 aromatic rings. The van der Waals surface area contributed by atoms with Gasteiger partial charge in [0, 0.05) is 16.5 Å². The molecule has 0 bridgehead atoms. The molecule has 0 aliphatic carbocycles. The van der Waals surface area contributed by atoms with E-state index in [1.807, 2.05) is 0 Å². The van der Waals surface area contributed by atoms with Gasteiger partial charge in [0.05, 0.1) is 29.0 Å². The zero-order valence-corrected chi connectivity index (χ0v) is 18.5. The first-order valence-corrected chi connectivity index (χ1v) is 11.5. The van der Waals surface area contributed by atoms with Crippen LogP contribution in [0.2, 0.25) is 0 Å². The van der Waals surface area contributed by atoms with Crippen LogP contribution in [0.3, 0.4) is 0 Å². The van der Waals surface area contributed by atoms with E-state index in [0.29, 0.717) is 5.56 Å². The molecule has 1 atom stereocenters. The molecule has 14 heteroatoms. The summed E-state index contributed by atoms with van der Waals surface area (Å²) in [5.74, 6) is -2.72. The molecule has 2 N–H and O–H groups in total. The van der Waals surface area contributed by atoms with Crippen molar-refractivity contribution >= 4 is 27.0 Å². The Kier molecular flexibility index (Phi) is 4.74. The standard InChI is InChI=1S/C21H15F3N2O8S/c1-2-20(30)12-6-14-16-9(7-26(14)18(28)11(12)8-33-19(20)29)5-10-13(25-16)3-4-15(27)17(10)34-35(31,32)21(22,23)24/h3-6,27,30H,2,7-8H2,1H3/t20-/m0/s1. The number of aliphatic hydroxyl groups is 1. The Labute approximate surface area is 194 Å². The molecule has 4 heterocycles. The average Bonchev–Trinajstić information content (AvgIpc) is 3.14. The van der Waals surface area contributed by atoms with E-state index < -0.39 is 44.3 Å². The first kappa shape index (κ1) is 23.1. The Hall–Kier alpha value is -3.65. The summed E-state index contributed by atoms with van der Waals surface area (Å²) in [6.07, 6.45) is -0.0621. The number of nitrogens with zero attached hydrogens (tertiary/aromatic N) is 2. The molecule has 0 saturated carbocycles. The number of hydrogen-bond donors (Lipinski definition) is 2. The highest BCUT2D eigenvalue weighted by Crippen LogP contribution is 2.42. The van der Waals surface area contributed by atoms with Gasteiger partial charge in [-0.3, -0.25) is 4.79 Å². The van der Waals surface area contributed by atoms with Crippen molar-refractivity contribution in [3.05, 3.63) is 51.3 Å². The molecule has 10 nitrogen and oxygen atoms in total. The van der Waals surface area contributed by atoms with Crippen molar-refractivity contribution in [1.29, 1.82) is 0 Å². The molecule has 1 aromatic carbocycles. The minimum atomic E-state index is -6.09. The maximum Gasteiger partial charge on any atom is 0.534 e. The van der Waals surface area contributed by atoms with Gasteiger partial charge < -0.3 is 23.7 Å². The monoisotopic (exact) mass is 512 g/mol. The summed E-state index contributed by atoms with van der Waals surface area (Å²) in [7, 11) is -6.09. The fraction of sp³-hybridized carbons (Fsp3) is 0.286. The summed E-state index contributed by atoms with van der Waals surface area (Å²) in [5, 5.41) is 20.7. The summed E-state index contributed by atoms with van der Waals surface area (Å²) in [4.78, 5) is 29.7. The fourth-order valence-corrected chi connectivity index (χ4v) is 4.75. The summed E-state index contributed by atoms with van der Waals surface area (Å²) in [6, 6.07) is 4.86. The molecular formula is C21H15F3N2O8S. The lowest BCUT2D eigenvalue weighted by Crippen LogP contribution is -2.44. The Morgan fingerprint density at radius 2 is 1.97 bits per heavy atom. The molecule has 35 heavy (non-hydrogen) atoms. The number of cyclic esters (lactones) is 1. The number of alkyl halides is 3. The van der Waals surface area contributed by atoms with E-state index in [1.165, 1.54) is 22.8 Å². The first-order valence-electron chi connectivity index (χ1n) is 10.1. The van der Waals surface area contributed by atoms with Crippen molar-refractivity contribution in [2.75, 3.05) is 0 Å². The predicted octanol–water partition coefficient (Wildman–Crippen LogP) is 2.01. The summed E-state index contributed by atoms with van der Waals surface area (Å²) in [5.41, 5.74) is -7.43. The number of phenols is 1. The second-order valence-corrected chi connectivity index (χ2v) is 9.60. The molecule has 0 saturated heterocycles. The van der Waals surface area contributed by atoms with Gasteiger partial charge in [-0.05, 0) is 30.7 Å². The Balaban J connectivity index is 1.71. The summed E-state index contributed by atoms with van der Waals surface area (Å²) >= 11 is 0. The van der Waals surface area contributed by atoms with E-state index in [-0.39, 0.29) is 53.0 Å². The van der Waals surface area contributed by atoms with Crippen LogP contribution in [0.25, 0.3) is 22.3 Å². The van der Waals surface area contributed by atoms with Gasteiger partial charge >= 0.3 is 21.6 Å². The molecule has 2 aliphatic heterocycles. The Bertz CT molecular complexity index is 1610. The molecular weight excluding hydrogens is 497 g/mol. The number of carbonyl (C=O) groups is 1. The quantitative estimate of drug-likeness (QED) is 0.239. The van der Waals surface area contributed by atoms with Crippen LogP contribution in [-0.2, 0) is 38.4 Å². The van der Waals surface area contributed by atoms with Crippen molar-refractivity contribution in [2.45, 2.75) is 37.6 Å². The van der Waals surface area contributed by atoms with Gasteiger partial charge in [0.25, 0.3) is 5.56 Å². The van der Waals surface area contributed by atoms with Crippen molar-refractivity contribution in [1.82, 2.24) is 9.55 Å². The van der Waals surface area contributed by atoms with Crippen LogP contribution in [0.15, 0.2) is 29.1 Å². The van der Waals surface area contributed by atoms with Gasteiger partial charge in [-0.25, -0.2) is 9.78 Å². The summed E-state index contributed by atoms with van der Waals surface area (Å²) in [6.45, 7) is 1.10. The summed E-state index contributed by atoms with van der Waals surface area (Å²) < 4.78 is 72.2. The number of rotatable bonds is 3. The normalized spacial score (nSPS) is 19.2. The Morgan fingerprint density at radius 1 is 1.26 bits per heavy atom. The molecule has 5 rings (SSSR count). The van der Waals surface area contributed by atoms with E-state index in [4.69, 9.17) is 4.74 Å². The van der Waals surface area contributed by atoms with E-state index in [2.05, 4.69) is 9.17 Å². The van der Waals surface area contributed by atoms with E-state index in [1.54, 1.807) is 6.92 Å². The third-order valence-electron chi connectivity index (χ3n) is 6.10. The van der Waals surface area contributed by atoms with E-state index >= 15 is 0 Å². The third kappa shape index (κ3) is 3.20. The second kappa shape index (κ2) is 7.18. The van der Waals surface area contributed by atoms with Crippen molar-refractivity contribution in [3.63, 3.8) is 0 Å². The highest BCUT2D eigenvalue weighted by Gasteiger charge is 2.49. The second-order valence-electron chi connectivity index (χ2n) is 8.06. The number of pyridine rings is 2. The third-order valence-corrected chi connectivity index (χ3v) is 7.05. The van der Waals surface area contributed by atoms with Crippen LogP contribution in [-0.4, -0.2) is 39.7 Å². The lowest BCUT2D eigenvalue weighted by molar-refractivity contribution is -0.172. The fourth-order valence-electron chi connectivity index (χ4n) is 4.26. The van der Waals surface area contributed by atoms with Crippen LogP contribution in [0.1, 0.15) is 30.0 Å². The number of fused-ring (bicyclic) bond motifs is 5. The number of ether oxygens (including phenoxy) is 1. The molecule has 0 fully saturated rings. The molecule has 0 spiro atoms. The zero-order valence-electron chi connectivity index (χ0n) is 17.7. The van der Waals surface area contributed by atoms with Crippen LogP contribution in [0.4, 0.5) is 13.2 Å². The van der Waals surface area contributed by atoms with Gasteiger partial charge in [-0.1, -0.05) is 6.92 Å². The van der Waals surface area contributed by atoms with Gasteiger partial charge in [0.15, 0.2) is 17.1 Å². The lowest BCUT2D eigenvalue weighted by atomic mass is 9.86. The maximum absolute atomic E-state index is 13.2. The van der Waals surface area contributed by atoms with Crippen molar-refractivity contribution in [2.24, 2.45) is 0 Å². The topological polar surface area (TPSA) is 145 Å². The highest BCUT2D eigenvalue weighted by molar-refractivity contribution is 7.88. The number of esters is 1. The largest absolute Gasteiger partial charge is 0.534 e. The van der Waals surface area contributed by atoms with Gasteiger partial charge in [-0.2, -0.15) is 21.6 Å². The van der Waals surface area contributed by atoms with Gasteiger partial charge in [0.2, 0.25) is 0 Å². The van der Waals surface area contributed by atoms with Gasteiger partial charge in [-0.15, -0.1) is 0 Å². The smallest absolute Gasteiger partial charge is 0.504 e. The predicted molar refractivity (Wildman–Crippen MR) is 112 cm³/mol. The van der Waals surface area contributed by atoms with Gasteiger partial charge in [0.1, 0.15) is 6.61 Å². The molecule has 2 aliphatic rings. The number of benzene rings is 1. The van der Waals surface area contributed by atoms with Crippen LogP contribution >= 0.6 is 0 Å². The number of phenolic OH excluding ortho intramolecular Hbond substituents is 1. The molecule has 0 amide bonds. The minimum absolute atomic E-state index is 0.0299. The van der Waals surface area contributed by atoms with Crippen LogP contribution in [0, 0.1) is 0 Å². The molecule has 0 radical (unpaired) electrons. The maximum atomic E-state index is 13.2. The number of hydrogen-bond acceptors (Lipinski definition) is 9. The van der Waals surface area contributed by atoms with E-state index in [9.17, 15) is 41.4 Å². The molecule has 2 aromatic heterocycles. The SMILES string of the molecule is CC[C@@]1(O)C(=O)OCc2c1cc1n(c2=O)Cc2cc3c(OS(=O)(=O)C(F)(F)F)c(O)ccc3nc2-1. The molecule has 0 unspecified atom stereocenters. The average molecular weight is 512 g/mol. The number of carbonyl (C=O) groups excluding carboxylic acids is 1. The Morgan fingerprint density at radius 3 is 2.63 bits per heavy atom. The number of aromatic hydroxyl groups is 1. The van der Waals surface area contributed by atoms with E-state index in [0.717, 1.165) is 6.07 Å². The number of halogens is 3. The minimum Gasteiger partial charge on any atom is -0.504 e. The zero-order chi connectivity index (χ0) is 25.5. The van der Waals surface area contributed by atoms with Crippen LogP contribution in [0.5, 0.6) is 11.5 Å². The highest BCUT2D eigenvalue weighted by atomic mass is 32.2.